The van der Waals surface area contributed by atoms with Crippen LogP contribution >= 0.6 is 27.7 Å². The molecule has 6 nitrogen and oxygen atoms in total. The van der Waals surface area contributed by atoms with Gasteiger partial charge in [-0.2, -0.15) is 4.98 Å². The van der Waals surface area contributed by atoms with Crippen molar-refractivity contribution < 1.29 is 9.47 Å². The van der Waals surface area contributed by atoms with Crippen LogP contribution in [0.1, 0.15) is 38.5 Å². The first-order valence-electron chi connectivity index (χ1n) is 10.0. The molecule has 0 unspecified atom stereocenters. The fraction of sp³-hybridized carbons (Fsp3) is 0.318. The lowest BCUT2D eigenvalue weighted by Crippen LogP contribution is -2.17. The molecule has 3 aromatic rings. The Bertz CT molecular complexity index is 1030. The smallest absolute Gasteiger partial charge is 0.247 e. The predicted octanol–water partition coefficient (Wildman–Crippen LogP) is 6.10. The number of ether oxygens (including phenoxy) is 2. The molecule has 1 aliphatic heterocycles. The van der Waals surface area contributed by atoms with Crippen LogP contribution in [0.25, 0.3) is 11.3 Å². The van der Waals surface area contributed by atoms with Gasteiger partial charge < -0.3 is 14.8 Å². The van der Waals surface area contributed by atoms with Gasteiger partial charge in [0.2, 0.25) is 11.0 Å². The minimum Gasteiger partial charge on any atom is -0.494 e. The largest absolute Gasteiger partial charge is 0.494 e. The third-order valence-corrected chi connectivity index (χ3v) is 6.01. The molecule has 2 aromatic carbocycles. The molecule has 0 saturated heterocycles. The first-order chi connectivity index (χ1) is 14.7. The van der Waals surface area contributed by atoms with Crippen molar-refractivity contribution in [1.82, 2.24) is 15.2 Å². The number of fused-ring (bicyclic) bond motifs is 3. The molecule has 156 valence electrons. The second kappa shape index (κ2) is 9.66. The van der Waals surface area contributed by atoms with Crippen molar-refractivity contribution in [3.05, 3.63) is 52.5 Å². The van der Waals surface area contributed by atoms with Crippen LogP contribution < -0.4 is 14.8 Å². The zero-order valence-corrected chi connectivity index (χ0v) is 19.3. The molecule has 4 rings (SSSR count). The predicted molar refractivity (Wildman–Crippen MR) is 123 cm³/mol. The fourth-order valence-corrected chi connectivity index (χ4v) is 4.35. The van der Waals surface area contributed by atoms with Crippen LogP contribution in [0.2, 0.25) is 0 Å². The summed E-state index contributed by atoms with van der Waals surface area (Å²) < 4.78 is 13.0. The van der Waals surface area contributed by atoms with Gasteiger partial charge in [0.1, 0.15) is 5.75 Å². The van der Waals surface area contributed by atoms with Gasteiger partial charge in [-0.05, 0) is 43.7 Å². The molecule has 0 spiro atoms. The second-order valence-electron chi connectivity index (χ2n) is 6.79. The Kier molecular flexibility index (Phi) is 6.74. The Morgan fingerprint density at radius 1 is 1.17 bits per heavy atom. The van der Waals surface area contributed by atoms with E-state index < -0.39 is 6.23 Å². The van der Waals surface area contributed by atoms with Gasteiger partial charge in [-0.25, -0.2) is 0 Å². The number of halogens is 1. The fourth-order valence-electron chi connectivity index (χ4n) is 3.12. The quantitative estimate of drug-likeness (QED) is 0.319. The summed E-state index contributed by atoms with van der Waals surface area (Å²) in [6.07, 6.45) is 1.80. The van der Waals surface area contributed by atoms with Crippen molar-refractivity contribution in [3.8, 4) is 22.9 Å². The molecule has 0 fully saturated rings. The van der Waals surface area contributed by atoms with E-state index in [2.05, 4.69) is 43.4 Å². The third kappa shape index (κ3) is 4.70. The van der Waals surface area contributed by atoms with Crippen LogP contribution in [0.4, 0.5) is 5.69 Å². The van der Waals surface area contributed by atoms with Crippen molar-refractivity contribution in [2.24, 2.45) is 0 Å². The summed E-state index contributed by atoms with van der Waals surface area (Å²) in [7, 11) is 0. The lowest BCUT2D eigenvalue weighted by Gasteiger charge is -2.20. The van der Waals surface area contributed by atoms with E-state index in [4.69, 9.17) is 9.47 Å². The van der Waals surface area contributed by atoms with Gasteiger partial charge in [-0.15, -0.1) is 10.2 Å². The summed E-state index contributed by atoms with van der Waals surface area (Å²) in [6, 6.07) is 13.9. The van der Waals surface area contributed by atoms with Crippen LogP contribution in [0, 0.1) is 0 Å². The first kappa shape index (κ1) is 20.9. The highest BCUT2D eigenvalue weighted by Crippen LogP contribution is 2.41. The number of unbranched alkanes of at least 4 members (excludes halogenated alkanes) is 1. The highest BCUT2D eigenvalue weighted by molar-refractivity contribution is 9.10. The minimum absolute atomic E-state index is 0.434. The normalized spacial score (nSPS) is 14.7. The topological polar surface area (TPSA) is 69.2 Å². The van der Waals surface area contributed by atoms with E-state index >= 15 is 0 Å². The maximum atomic E-state index is 6.34. The van der Waals surface area contributed by atoms with Crippen molar-refractivity contribution in [1.29, 1.82) is 0 Å². The Morgan fingerprint density at radius 2 is 2.07 bits per heavy atom. The van der Waals surface area contributed by atoms with Gasteiger partial charge in [0.15, 0.2) is 11.9 Å². The number of thioether (sulfide) groups is 1. The molecule has 1 atom stereocenters. The first-order valence-corrected chi connectivity index (χ1v) is 11.8. The molecule has 8 heteroatoms. The average Bonchev–Trinajstić information content (AvgIpc) is 2.91. The summed E-state index contributed by atoms with van der Waals surface area (Å²) in [4.78, 5) is 4.69. The van der Waals surface area contributed by atoms with Gasteiger partial charge in [0, 0.05) is 27.0 Å². The monoisotopic (exact) mass is 486 g/mol. The van der Waals surface area contributed by atoms with Gasteiger partial charge in [-0.3, -0.25) is 0 Å². The average molecular weight is 487 g/mol. The van der Waals surface area contributed by atoms with Crippen molar-refractivity contribution in [3.63, 3.8) is 0 Å². The molecule has 1 aromatic heterocycles. The molecule has 30 heavy (non-hydrogen) atoms. The highest BCUT2D eigenvalue weighted by atomic mass is 79.9. The number of nitrogens with zero attached hydrogens (tertiary/aromatic N) is 3. The van der Waals surface area contributed by atoms with E-state index in [9.17, 15) is 0 Å². The van der Waals surface area contributed by atoms with Gasteiger partial charge in [-0.1, -0.05) is 53.2 Å². The van der Waals surface area contributed by atoms with Crippen LogP contribution in [0.5, 0.6) is 11.6 Å². The summed E-state index contributed by atoms with van der Waals surface area (Å²) >= 11 is 5.15. The zero-order chi connectivity index (χ0) is 20.9. The number of hydrogen-bond donors (Lipinski definition) is 1. The van der Waals surface area contributed by atoms with E-state index in [-0.39, 0.29) is 0 Å². The number of benzene rings is 2. The zero-order valence-electron chi connectivity index (χ0n) is 16.9. The number of rotatable bonds is 7. The lowest BCUT2D eigenvalue weighted by molar-refractivity contribution is 0.224. The summed E-state index contributed by atoms with van der Waals surface area (Å²) in [5.74, 6) is 2.23. The van der Waals surface area contributed by atoms with Crippen molar-refractivity contribution >= 4 is 33.4 Å². The Balaban J connectivity index is 1.74. The maximum Gasteiger partial charge on any atom is 0.247 e. The Hall–Kier alpha value is -2.32. The number of anilines is 1. The van der Waals surface area contributed by atoms with E-state index in [1.165, 1.54) is 0 Å². The molecule has 1 aliphatic rings. The SMILES string of the molecule is CCCCSc1nnc2c(n1)O[C@H](c1cccc(OCC)c1)Nc1ccc(Br)cc1-2. The molecular weight excluding hydrogens is 464 g/mol. The molecule has 0 bridgehead atoms. The van der Waals surface area contributed by atoms with Crippen molar-refractivity contribution in [2.45, 2.75) is 38.1 Å². The Labute approximate surface area is 188 Å². The van der Waals surface area contributed by atoms with Crippen molar-refractivity contribution in [2.75, 3.05) is 17.7 Å². The van der Waals surface area contributed by atoms with Gasteiger partial charge >= 0.3 is 0 Å². The summed E-state index contributed by atoms with van der Waals surface area (Å²) in [5.41, 5.74) is 3.38. The maximum absolute atomic E-state index is 6.34. The van der Waals surface area contributed by atoms with Crippen LogP contribution in [0.3, 0.4) is 0 Å². The molecule has 0 saturated carbocycles. The number of hydrogen-bond acceptors (Lipinski definition) is 7. The highest BCUT2D eigenvalue weighted by Gasteiger charge is 2.26. The molecular formula is C22H23BrN4O2S. The molecule has 2 heterocycles. The summed E-state index contributed by atoms with van der Waals surface area (Å²) in [5, 5.41) is 12.9. The standard InChI is InChI=1S/C22H23BrN4O2S/c1-3-5-11-30-22-25-21-19(26-27-22)17-13-15(23)9-10-18(17)24-20(29-21)14-7-6-8-16(12-14)28-4-2/h6-10,12-13,20,24H,3-5,11H2,1-2H3/t20-/m1/s1. The molecule has 0 aliphatic carbocycles. The number of nitrogens with one attached hydrogen (secondary N) is 1. The lowest BCUT2D eigenvalue weighted by atomic mass is 10.1. The van der Waals surface area contributed by atoms with Gasteiger partial charge in [0.25, 0.3) is 0 Å². The third-order valence-electron chi connectivity index (χ3n) is 4.59. The summed E-state index contributed by atoms with van der Waals surface area (Å²) in [6.45, 7) is 4.75. The van der Waals surface area contributed by atoms with E-state index in [1.54, 1.807) is 11.8 Å². The Morgan fingerprint density at radius 3 is 2.90 bits per heavy atom. The second-order valence-corrected chi connectivity index (χ2v) is 8.77. The van der Waals surface area contributed by atoms with E-state index in [0.29, 0.717) is 23.3 Å². The van der Waals surface area contributed by atoms with E-state index in [1.807, 2.05) is 49.4 Å². The molecule has 0 radical (unpaired) electrons. The number of aromatic nitrogens is 3. The van der Waals surface area contributed by atoms with Crippen LogP contribution in [-0.2, 0) is 0 Å². The molecule has 1 N–H and O–H groups in total. The minimum atomic E-state index is -0.434. The van der Waals surface area contributed by atoms with Crippen LogP contribution in [-0.4, -0.2) is 27.5 Å². The van der Waals surface area contributed by atoms with Gasteiger partial charge in [0.05, 0.1) is 6.61 Å². The van der Waals surface area contributed by atoms with E-state index in [0.717, 1.165) is 45.6 Å². The molecule has 0 amide bonds. The van der Waals surface area contributed by atoms with Crippen LogP contribution in [0.15, 0.2) is 52.1 Å².